The maximum absolute atomic E-state index is 13.5. The summed E-state index contributed by atoms with van der Waals surface area (Å²) in [6.07, 6.45) is 2.18. The van der Waals surface area contributed by atoms with Crippen molar-refractivity contribution < 1.29 is 13.9 Å². The van der Waals surface area contributed by atoms with E-state index in [1.54, 1.807) is 12.1 Å². The second-order valence-electron chi connectivity index (χ2n) is 6.95. The molecule has 0 atom stereocenters. The first kappa shape index (κ1) is 16.3. The van der Waals surface area contributed by atoms with E-state index < -0.39 is 5.41 Å². The third-order valence-electron chi connectivity index (χ3n) is 5.57. The van der Waals surface area contributed by atoms with Gasteiger partial charge >= 0.3 is 0 Å². The third kappa shape index (κ3) is 2.95. The number of hydrogen-bond acceptors (Lipinski definition) is 2. The molecule has 0 unspecified atom stereocenters. The molecule has 4 rings (SSSR count). The molecule has 3 nitrogen and oxygen atoms in total. The Morgan fingerprint density at radius 3 is 2.40 bits per heavy atom. The predicted octanol–water partition coefficient (Wildman–Crippen LogP) is 3.46. The Hall–Kier alpha value is -2.20. The Bertz CT molecular complexity index is 766. The van der Waals surface area contributed by atoms with Gasteiger partial charge in [-0.25, -0.2) is 4.39 Å². The largest absolute Gasteiger partial charge is 0.381 e. The minimum absolute atomic E-state index is 0.150. The molecule has 25 heavy (non-hydrogen) atoms. The van der Waals surface area contributed by atoms with Crippen LogP contribution < -0.4 is 0 Å². The van der Waals surface area contributed by atoms with E-state index in [4.69, 9.17) is 4.74 Å². The zero-order chi connectivity index (χ0) is 17.3. The number of amides is 1. The summed E-state index contributed by atoms with van der Waals surface area (Å²) in [5.41, 5.74) is 2.86. The number of benzene rings is 2. The molecule has 0 aromatic heterocycles. The second-order valence-corrected chi connectivity index (χ2v) is 6.95. The molecule has 1 fully saturated rings. The van der Waals surface area contributed by atoms with Crippen molar-refractivity contribution in [2.75, 3.05) is 19.8 Å². The molecule has 2 aromatic carbocycles. The first-order chi connectivity index (χ1) is 12.2. The number of nitrogens with zero attached hydrogens (tertiary/aromatic N) is 1. The summed E-state index contributed by atoms with van der Waals surface area (Å²) < 4.78 is 18.9. The van der Waals surface area contributed by atoms with Crippen LogP contribution in [0.2, 0.25) is 0 Å². The molecule has 130 valence electrons. The van der Waals surface area contributed by atoms with Crippen molar-refractivity contribution in [2.45, 2.75) is 31.2 Å². The van der Waals surface area contributed by atoms with Gasteiger partial charge in [-0.15, -0.1) is 0 Å². The van der Waals surface area contributed by atoms with Gasteiger partial charge in [-0.3, -0.25) is 4.79 Å². The van der Waals surface area contributed by atoms with Crippen LogP contribution in [0.15, 0.2) is 48.5 Å². The van der Waals surface area contributed by atoms with Crippen molar-refractivity contribution in [3.05, 3.63) is 71.0 Å². The van der Waals surface area contributed by atoms with Crippen LogP contribution in [-0.2, 0) is 27.9 Å². The maximum Gasteiger partial charge on any atom is 0.233 e. The van der Waals surface area contributed by atoms with Crippen molar-refractivity contribution >= 4 is 5.91 Å². The summed E-state index contributed by atoms with van der Waals surface area (Å²) in [5.74, 6) is -0.123. The SMILES string of the molecule is O=C(N1CCc2ccccc2C1)C1(c2ccc(F)cc2)CCOCC1. The Balaban J connectivity index is 1.66. The lowest BCUT2D eigenvalue weighted by atomic mass is 9.72. The number of carbonyl (C=O) groups excluding carboxylic acids is 1. The number of rotatable bonds is 2. The highest BCUT2D eigenvalue weighted by molar-refractivity contribution is 5.88. The van der Waals surface area contributed by atoms with E-state index >= 15 is 0 Å². The van der Waals surface area contributed by atoms with E-state index in [1.165, 1.54) is 23.3 Å². The van der Waals surface area contributed by atoms with Gasteiger partial charge in [-0.1, -0.05) is 36.4 Å². The summed E-state index contributed by atoms with van der Waals surface area (Å²) in [5, 5.41) is 0. The van der Waals surface area contributed by atoms with E-state index in [-0.39, 0.29) is 11.7 Å². The zero-order valence-electron chi connectivity index (χ0n) is 14.2. The van der Waals surface area contributed by atoms with Crippen molar-refractivity contribution in [2.24, 2.45) is 0 Å². The summed E-state index contributed by atoms with van der Waals surface area (Å²) in [7, 11) is 0. The lowest BCUT2D eigenvalue weighted by Gasteiger charge is -2.41. The van der Waals surface area contributed by atoms with Crippen LogP contribution in [0.5, 0.6) is 0 Å². The molecule has 2 aliphatic rings. The number of ether oxygens (including phenoxy) is 1. The number of halogens is 1. The third-order valence-corrected chi connectivity index (χ3v) is 5.57. The fourth-order valence-corrected chi connectivity index (χ4v) is 4.09. The monoisotopic (exact) mass is 339 g/mol. The van der Waals surface area contributed by atoms with Gasteiger partial charge in [0.1, 0.15) is 5.82 Å². The van der Waals surface area contributed by atoms with E-state index in [2.05, 4.69) is 18.2 Å². The van der Waals surface area contributed by atoms with Gasteiger partial charge < -0.3 is 9.64 Å². The fraction of sp³-hybridized carbons (Fsp3) is 0.381. The van der Waals surface area contributed by atoms with Crippen LogP contribution in [0.3, 0.4) is 0 Å². The van der Waals surface area contributed by atoms with Gasteiger partial charge in [0, 0.05) is 26.3 Å². The molecular weight excluding hydrogens is 317 g/mol. The Kier molecular flexibility index (Phi) is 4.30. The predicted molar refractivity (Wildman–Crippen MR) is 93.7 cm³/mol. The maximum atomic E-state index is 13.5. The highest BCUT2D eigenvalue weighted by Crippen LogP contribution is 2.38. The van der Waals surface area contributed by atoms with Gasteiger partial charge in [0.05, 0.1) is 5.41 Å². The van der Waals surface area contributed by atoms with Crippen LogP contribution >= 0.6 is 0 Å². The van der Waals surface area contributed by atoms with Crippen molar-refractivity contribution in [3.63, 3.8) is 0 Å². The van der Waals surface area contributed by atoms with Crippen molar-refractivity contribution in [3.8, 4) is 0 Å². The lowest BCUT2D eigenvalue weighted by molar-refractivity contribution is -0.142. The Labute approximate surface area is 147 Å². The minimum atomic E-state index is -0.599. The smallest absolute Gasteiger partial charge is 0.233 e. The van der Waals surface area contributed by atoms with Crippen molar-refractivity contribution in [1.82, 2.24) is 4.90 Å². The van der Waals surface area contributed by atoms with Crippen LogP contribution in [0, 0.1) is 5.82 Å². The van der Waals surface area contributed by atoms with Crippen LogP contribution in [0.25, 0.3) is 0 Å². The number of hydrogen-bond donors (Lipinski definition) is 0. The highest BCUT2D eigenvalue weighted by Gasteiger charge is 2.44. The lowest BCUT2D eigenvalue weighted by Crippen LogP contribution is -2.51. The first-order valence-corrected chi connectivity index (χ1v) is 8.89. The molecule has 0 saturated carbocycles. The van der Waals surface area contributed by atoms with E-state index in [0.29, 0.717) is 32.6 Å². The van der Waals surface area contributed by atoms with Crippen LogP contribution in [0.4, 0.5) is 4.39 Å². The standard InChI is InChI=1S/C21H22FNO2/c22-19-7-5-18(6-8-19)21(10-13-25-14-11-21)20(24)23-12-9-16-3-1-2-4-17(16)15-23/h1-8H,9-15H2. The minimum Gasteiger partial charge on any atom is -0.381 e. The number of fused-ring (bicyclic) bond motifs is 1. The van der Waals surface area contributed by atoms with E-state index in [1.807, 2.05) is 11.0 Å². The van der Waals surface area contributed by atoms with Gasteiger partial charge in [0.25, 0.3) is 0 Å². The Morgan fingerprint density at radius 1 is 1.00 bits per heavy atom. The zero-order valence-corrected chi connectivity index (χ0v) is 14.2. The topological polar surface area (TPSA) is 29.5 Å². The second kappa shape index (κ2) is 6.60. The molecule has 0 radical (unpaired) electrons. The average molecular weight is 339 g/mol. The quantitative estimate of drug-likeness (QED) is 0.839. The average Bonchev–Trinajstić information content (AvgIpc) is 2.68. The molecule has 2 heterocycles. The summed E-state index contributed by atoms with van der Waals surface area (Å²) in [6.45, 7) is 2.51. The molecule has 1 amide bonds. The van der Waals surface area contributed by atoms with Crippen molar-refractivity contribution in [1.29, 1.82) is 0 Å². The molecule has 4 heteroatoms. The molecule has 2 aromatic rings. The molecule has 0 N–H and O–H groups in total. The molecule has 1 saturated heterocycles. The van der Waals surface area contributed by atoms with E-state index in [0.717, 1.165) is 18.5 Å². The van der Waals surface area contributed by atoms with Gasteiger partial charge in [0.15, 0.2) is 0 Å². The van der Waals surface area contributed by atoms with Crippen LogP contribution in [0.1, 0.15) is 29.5 Å². The summed E-state index contributed by atoms with van der Waals surface area (Å²) in [4.78, 5) is 15.5. The normalized spacial score (nSPS) is 19.3. The summed E-state index contributed by atoms with van der Waals surface area (Å²) in [6, 6.07) is 14.7. The van der Waals surface area contributed by atoms with Gasteiger partial charge in [0.2, 0.25) is 5.91 Å². The molecule has 0 aliphatic carbocycles. The fourth-order valence-electron chi connectivity index (χ4n) is 4.09. The van der Waals surface area contributed by atoms with Gasteiger partial charge in [-0.2, -0.15) is 0 Å². The number of carbonyl (C=O) groups is 1. The van der Waals surface area contributed by atoms with Gasteiger partial charge in [-0.05, 0) is 48.1 Å². The highest BCUT2D eigenvalue weighted by atomic mass is 19.1. The van der Waals surface area contributed by atoms with E-state index in [9.17, 15) is 9.18 Å². The molecule has 0 spiro atoms. The van der Waals surface area contributed by atoms with Crippen LogP contribution in [-0.4, -0.2) is 30.6 Å². The molecular formula is C21H22FNO2. The molecule has 0 bridgehead atoms. The Morgan fingerprint density at radius 2 is 1.68 bits per heavy atom. The summed E-state index contributed by atoms with van der Waals surface area (Å²) >= 11 is 0. The first-order valence-electron chi connectivity index (χ1n) is 8.89. The molecule has 2 aliphatic heterocycles.